The molecule has 4 aromatic rings. The van der Waals surface area contributed by atoms with Crippen molar-refractivity contribution in [3.05, 3.63) is 130 Å². The molecule has 55 heavy (non-hydrogen) atoms. The van der Waals surface area contributed by atoms with E-state index in [1.807, 2.05) is 97.9 Å². The van der Waals surface area contributed by atoms with Crippen molar-refractivity contribution in [3.8, 4) is 5.75 Å². The number of benzene rings is 4. The maximum absolute atomic E-state index is 14.5. The van der Waals surface area contributed by atoms with Gasteiger partial charge in [0.15, 0.2) is 0 Å². The van der Waals surface area contributed by atoms with Crippen LogP contribution in [0.5, 0.6) is 5.75 Å². The zero-order valence-electron chi connectivity index (χ0n) is 32.0. The number of rotatable bonds is 17. The number of carbonyl (C=O) groups is 4. The van der Waals surface area contributed by atoms with Crippen LogP contribution in [0.2, 0.25) is 0 Å². The monoisotopic (exact) mass is 743 g/mol. The maximum atomic E-state index is 14.5. The SMILES string of the molecule is CN(C)CCCOc1ccc(C2Cc3ccc(NC(=O)CCC4CCCC4)cc3C(=O)N2Cc2ccc(C(=O)N(CC(N)=O)Cc3ccccc3)cc2)cc1. The summed E-state index contributed by atoms with van der Waals surface area (Å²) in [5, 5.41) is 3.04. The molecule has 10 nitrogen and oxygen atoms in total. The molecule has 1 atom stereocenters. The van der Waals surface area contributed by atoms with E-state index < -0.39 is 5.91 Å². The Labute approximate surface area is 324 Å². The molecular formula is C45H53N5O5. The van der Waals surface area contributed by atoms with Gasteiger partial charge in [0.25, 0.3) is 11.8 Å². The first-order valence-electron chi connectivity index (χ1n) is 19.4. The Balaban J connectivity index is 1.21. The smallest absolute Gasteiger partial charge is 0.255 e. The van der Waals surface area contributed by atoms with E-state index in [-0.39, 0.29) is 36.9 Å². The first-order chi connectivity index (χ1) is 26.6. The largest absolute Gasteiger partial charge is 0.494 e. The van der Waals surface area contributed by atoms with E-state index in [4.69, 9.17) is 10.5 Å². The number of anilines is 1. The van der Waals surface area contributed by atoms with Crippen LogP contribution in [0, 0.1) is 5.92 Å². The van der Waals surface area contributed by atoms with Gasteiger partial charge in [-0.1, -0.05) is 86.3 Å². The van der Waals surface area contributed by atoms with E-state index >= 15 is 0 Å². The third-order valence-corrected chi connectivity index (χ3v) is 10.6. The number of primary amides is 1. The van der Waals surface area contributed by atoms with E-state index in [9.17, 15) is 19.2 Å². The molecule has 0 spiro atoms. The van der Waals surface area contributed by atoms with E-state index in [1.54, 1.807) is 18.2 Å². The fourth-order valence-electron chi connectivity index (χ4n) is 7.66. The molecule has 1 saturated carbocycles. The first-order valence-corrected chi connectivity index (χ1v) is 19.4. The van der Waals surface area contributed by atoms with Gasteiger partial charge < -0.3 is 30.5 Å². The Morgan fingerprint density at radius 3 is 2.31 bits per heavy atom. The quantitative estimate of drug-likeness (QED) is 0.112. The molecule has 1 aliphatic carbocycles. The minimum atomic E-state index is -0.591. The number of hydrogen-bond donors (Lipinski definition) is 2. The van der Waals surface area contributed by atoms with Crippen LogP contribution in [-0.2, 0) is 29.1 Å². The van der Waals surface area contributed by atoms with Crippen LogP contribution in [0.4, 0.5) is 5.69 Å². The van der Waals surface area contributed by atoms with Crippen LogP contribution in [0.25, 0.3) is 0 Å². The topological polar surface area (TPSA) is 125 Å². The van der Waals surface area contributed by atoms with Crippen molar-refractivity contribution >= 4 is 29.3 Å². The summed E-state index contributed by atoms with van der Waals surface area (Å²) in [5.41, 5.74) is 10.8. The normalized spacial score (nSPS) is 15.5. The number of carbonyl (C=O) groups excluding carboxylic acids is 4. The summed E-state index contributed by atoms with van der Waals surface area (Å²) in [6, 6.07) is 30.0. The lowest BCUT2D eigenvalue weighted by Gasteiger charge is -2.37. The first kappa shape index (κ1) is 39.2. The minimum Gasteiger partial charge on any atom is -0.494 e. The summed E-state index contributed by atoms with van der Waals surface area (Å²) in [5.74, 6) is 0.349. The summed E-state index contributed by atoms with van der Waals surface area (Å²) >= 11 is 0. The van der Waals surface area contributed by atoms with E-state index in [0.29, 0.717) is 48.7 Å². The maximum Gasteiger partial charge on any atom is 0.255 e. The van der Waals surface area contributed by atoms with E-state index in [0.717, 1.165) is 47.4 Å². The molecule has 4 aromatic carbocycles. The Morgan fingerprint density at radius 2 is 1.62 bits per heavy atom. The standard InChI is InChI=1S/C45H53N5O5/c1-48(2)25-8-26-55-39-22-19-35(20-23-39)41-27-37-18-21-38(47-43(52)24-15-32-9-6-7-10-32)28-40(37)45(54)50(41)30-34-13-16-36(17-14-34)44(53)49(31-42(46)51)29-33-11-4-3-5-12-33/h3-5,11-14,16-23,28,32,41H,6-10,15,24-27,29-31H2,1-2H3,(H2,46,51)(H,47,52). The van der Waals surface area contributed by atoms with Crippen LogP contribution in [0.15, 0.2) is 97.1 Å². The molecule has 0 radical (unpaired) electrons. The Morgan fingerprint density at radius 1 is 0.891 bits per heavy atom. The molecule has 1 aliphatic heterocycles. The van der Waals surface area contributed by atoms with Crippen molar-refractivity contribution in [1.29, 1.82) is 0 Å². The highest BCUT2D eigenvalue weighted by Gasteiger charge is 2.34. The average Bonchev–Trinajstić information content (AvgIpc) is 3.71. The number of hydrogen-bond acceptors (Lipinski definition) is 6. The molecule has 1 heterocycles. The molecular weight excluding hydrogens is 691 g/mol. The third-order valence-electron chi connectivity index (χ3n) is 10.6. The van der Waals surface area contributed by atoms with Crippen molar-refractivity contribution in [2.75, 3.05) is 39.1 Å². The van der Waals surface area contributed by atoms with Gasteiger partial charge >= 0.3 is 0 Å². The van der Waals surface area contributed by atoms with Crippen molar-refractivity contribution in [2.45, 2.75) is 70.5 Å². The lowest BCUT2D eigenvalue weighted by Crippen LogP contribution is -2.40. The third kappa shape index (κ3) is 10.8. The molecule has 3 N–H and O–H groups in total. The van der Waals surface area contributed by atoms with Crippen LogP contribution >= 0.6 is 0 Å². The molecule has 0 saturated heterocycles. The molecule has 4 amide bonds. The lowest BCUT2D eigenvalue weighted by molar-refractivity contribution is -0.119. The van der Waals surface area contributed by atoms with Gasteiger partial charge in [0.1, 0.15) is 5.75 Å². The summed E-state index contributed by atoms with van der Waals surface area (Å²) < 4.78 is 5.99. The highest BCUT2D eigenvalue weighted by molar-refractivity contribution is 6.00. The van der Waals surface area contributed by atoms with Crippen LogP contribution in [-0.4, -0.2) is 72.1 Å². The molecule has 2 aliphatic rings. The molecule has 0 aromatic heterocycles. The number of nitrogens with two attached hydrogens (primary N) is 1. The number of fused-ring (bicyclic) bond motifs is 1. The zero-order valence-corrected chi connectivity index (χ0v) is 32.0. The Hall–Kier alpha value is -5.48. The van der Waals surface area contributed by atoms with Gasteiger partial charge in [-0.15, -0.1) is 0 Å². The Bertz CT molecular complexity index is 1920. The highest BCUT2D eigenvalue weighted by Crippen LogP contribution is 2.36. The average molecular weight is 744 g/mol. The zero-order chi connectivity index (χ0) is 38.7. The van der Waals surface area contributed by atoms with Gasteiger partial charge in [0, 0.05) is 42.9 Å². The van der Waals surface area contributed by atoms with E-state index in [2.05, 4.69) is 10.2 Å². The number of amides is 4. The van der Waals surface area contributed by atoms with Crippen molar-refractivity contribution < 1.29 is 23.9 Å². The lowest BCUT2D eigenvalue weighted by atomic mass is 9.88. The van der Waals surface area contributed by atoms with Crippen LogP contribution in [0.1, 0.15) is 94.0 Å². The molecule has 288 valence electrons. The molecule has 6 rings (SSSR count). The number of nitrogens with one attached hydrogen (secondary N) is 1. The van der Waals surface area contributed by atoms with Gasteiger partial charge in [-0.2, -0.15) is 0 Å². The predicted octanol–water partition coefficient (Wildman–Crippen LogP) is 6.99. The molecule has 1 unspecified atom stereocenters. The fraction of sp³-hybridized carbons (Fsp3) is 0.378. The fourth-order valence-corrected chi connectivity index (χ4v) is 7.66. The molecule has 10 heteroatoms. The van der Waals surface area contributed by atoms with Crippen LogP contribution < -0.4 is 15.8 Å². The molecule has 1 fully saturated rings. The van der Waals surface area contributed by atoms with E-state index in [1.165, 1.54) is 30.6 Å². The second-order valence-corrected chi connectivity index (χ2v) is 15.1. The van der Waals surface area contributed by atoms with Gasteiger partial charge in [-0.05, 0) is 97.9 Å². The summed E-state index contributed by atoms with van der Waals surface area (Å²) in [7, 11) is 4.08. The minimum absolute atomic E-state index is 0.0262. The second kappa shape index (κ2) is 18.7. The second-order valence-electron chi connectivity index (χ2n) is 15.1. The summed E-state index contributed by atoms with van der Waals surface area (Å²) in [6.45, 7) is 1.89. The predicted molar refractivity (Wildman–Crippen MR) is 215 cm³/mol. The van der Waals surface area contributed by atoms with Crippen LogP contribution in [0.3, 0.4) is 0 Å². The number of nitrogens with zero attached hydrogens (tertiary/aromatic N) is 3. The molecule has 0 bridgehead atoms. The van der Waals surface area contributed by atoms with Crippen molar-refractivity contribution in [3.63, 3.8) is 0 Å². The highest BCUT2D eigenvalue weighted by atomic mass is 16.5. The summed E-state index contributed by atoms with van der Waals surface area (Å²) in [6.07, 6.45) is 7.78. The van der Waals surface area contributed by atoms with Gasteiger partial charge in [0.2, 0.25) is 11.8 Å². The van der Waals surface area contributed by atoms with Crippen molar-refractivity contribution in [1.82, 2.24) is 14.7 Å². The van der Waals surface area contributed by atoms with Gasteiger partial charge in [-0.3, -0.25) is 19.2 Å². The number of ether oxygens (including phenoxy) is 1. The van der Waals surface area contributed by atoms with Gasteiger partial charge in [0.05, 0.1) is 19.2 Å². The Kier molecular flexibility index (Phi) is 13.3. The van der Waals surface area contributed by atoms with Crippen molar-refractivity contribution in [2.24, 2.45) is 11.7 Å². The van der Waals surface area contributed by atoms with Gasteiger partial charge in [-0.25, -0.2) is 0 Å². The summed E-state index contributed by atoms with van der Waals surface area (Å²) in [4.78, 5) is 58.3.